The van der Waals surface area contributed by atoms with Crippen LogP contribution in [0.25, 0.3) is 11.0 Å². The molecular formula is C23H25N5S. The number of para-hydroxylation sites is 2. The van der Waals surface area contributed by atoms with E-state index >= 15 is 0 Å². The molecule has 0 radical (unpaired) electrons. The van der Waals surface area contributed by atoms with E-state index in [9.17, 15) is 0 Å². The van der Waals surface area contributed by atoms with Crippen LogP contribution < -0.4 is 10.6 Å². The van der Waals surface area contributed by atoms with Crippen molar-refractivity contribution in [2.75, 3.05) is 7.05 Å². The average molecular weight is 404 g/mol. The van der Waals surface area contributed by atoms with Crippen LogP contribution in [0.2, 0.25) is 0 Å². The lowest BCUT2D eigenvalue weighted by molar-refractivity contribution is 0.807. The molecule has 0 spiro atoms. The Morgan fingerprint density at radius 2 is 1.76 bits per heavy atom. The first kappa shape index (κ1) is 19.2. The lowest BCUT2D eigenvalue weighted by Gasteiger charge is -2.12. The maximum Gasteiger partial charge on any atom is 0.191 e. The molecular weight excluding hydrogens is 378 g/mol. The van der Waals surface area contributed by atoms with Gasteiger partial charge in [0.05, 0.1) is 23.9 Å². The van der Waals surface area contributed by atoms with Gasteiger partial charge in [0.15, 0.2) is 5.96 Å². The summed E-state index contributed by atoms with van der Waals surface area (Å²) in [5, 5.41) is 8.89. The van der Waals surface area contributed by atoms with E-state index in [0.717, 1.165) is 36.6 Å². The third-order valence-corrected chi connectivity index (χ3v) is 5.99. The van der Waals surface area contributed by atoms with Gasteiger partial charge >= 0.3 is 0 Å². The lowest BCUT2D eigenvalue weighted by Crippen LogP contribution is -2.36. The van der Waals surface area contributed by atoms with Gasteiger partial charge in [0, 0.05) is 25.0 Å². The first-order valence-corrected chi connectivity index (χ1v) is 10.6. The van der Waals surface area contributed by atoms with Gasteiger partial charge in [0.1, 0.15) is 0 Å². The number of imidazole rings is 1. The summed E-state index contributed by atoms with van der Waals surface area (Å²) in [7, 11) is 1.80. The van der Waals surface area contributed by atoms with E-state index in [-0.39, 0.29) is 0 Å². The molecule has 2 aromatic heterocycles. The zero-order chi connectivity index (χ0) is 20.1. The molecule has 0 saturated carbocycles. The van der Waals surface area contributed by atoms with Crippen molar-refractivity contribution in [3.63, 3.8) is 0 Å². The predicted molar refractivity (Wildman–Crippen MR) is 121 cm³/mol. The number of fused-ring (bicyclic) bond motifs is 1. The summed E-state index contributed by atoms with van der Waals surface area (Å²) < 4.78 is 2.18. The maximum atomic E-state index is 4.47. The van der Waals surface area contributed by atoms with Gasteiger partial charge < -0.3 is 15.2 Å². The van der Waals surface area contributed by atoms with Crippen molar-refractivity contribution in [2.45, 2.75) is 26.6 Å². The zero-order valence-electron chi connectivity index (χ0n) is 16.7. The summed E-state index contributed by atoms with van der Waals surface area (Å²) in [5.74, 6) is 0.812. The maximum absolute atomic E-state index is 4.47. The van der Waals surface area contributed by atoms with Crippen molar-refractivity contribution in [2.24, 2.45) is 4.99 Å². The van der Waals surface area contributed by atoms with Crippen LogP contribution in [-0.4, -0.2) is 22.6 Å². The van der Waals surface area contributed by atoms with Crippen molar-refractivity contribution in [1.29, 1.82) is 0 Å². The normalized spacial score (nSPS) is 11.7. The number of thiophene rings is 1. The summed E-state index contributed by atoms with van der Waals surface area (Å²) in [4.78, 5) is 10.1. The summed E-state index contributed by atoms with van der Waals surface area (Å²) >= 11 is 1.77. The molecule has 0 aliphatic heterocycles. The molecule has 2 aromatic carbocycles. The lowest BCUT2D eigenvalue weighted by atomic mass is 10.1. The Morgan fingerprint density at radius 1 is 1.00 bits per heavy atom. The highest BCUT2D eigenvalue weighted by molar-refractivity contribution is 7.10. The van der Waals surface area contributed by atoms with Crippen molar-refractivity contribution >= 4 is 28.3 Å². The molecule has 148 valence electrons. The summed E-state index contributed by atoms with van der Waals surface area (Å²) in [6.07, 6.45) is 1.91. The number of benzene rings is 2. The van der Waals surface area contributed by atoms with Crippen LogP contribution in [0.5, 0.6) is 0 Å². The average Bonchev–Trinajstić information content (AvgIpc) is 3.35. The van der Waals surface area contributed by atoms with E-state index in [1.165, 1.54) is 21.6 Å². The number of nitrogens with zero attached hydrogens (tertiary/aromatic N) is 3. The second-order valence-corrected chi connectivity index (χ2v) is 7.98. The zero-order valence-corrected chi connectivity index (χ0v) is 17.5. The second-order valence-electron chi connectivity index (χ2n) is 6.98. The van der Waals surface area contributed by atoms with Gasteiger partial charge in [-0.1, -0.05) is 36.4 Å². The molecule has 0 saturated heterocycles. The molecule has 0 aliphatic rings. The molecule has 0 amide bonds. The Balaban J connectivity index is 1.32. The van der Waals surface area contributed by atoms with Crippen molar-refractivity contribution in [1.82, 2.24) is 20.2 Å². The summed E-state index contributed by atoms with van der Waals surface area (Å²) in [6.45, 7) is 4.48. The predicted octanol–water partition coefficient (Wildman–Crippen LogP) is 4.32. The SMILES string of the molecule is CN=C(NCc1ccc(Cn2cnc3ccccc32)cc1)NCc1sccc1C. The quantitative estimate of drug-likeness (QED) is 0.372. The van der Waals surface area contributed by atoms with Crippen LogP contribution in [0.15, 0.2) is 71.3 Å². The van der Waals surface area contributed by atoms with E-state index in [0.29, 0.717) is 0 Å². The van der Waals surface area contributed by atoms with Crippen molar-refractivity contribution in [3.05, 3.63) is 87.9 Å². The summed E-state index contributed by atoms with van der Waals surface area (Å²) in [5.41, 5.74) is 5.99. The Morgan fingerprint density at radius 3 is 2.52 bits per heavy atom. The molecule has 2 heterocycles. The van der Waals surface area contributed by atoms with Crippen LogP contribution in [0.1, 0.15) is 21.6 Å². The Bertz CT molecular complexity index is 1110. The molecule has 2 N–H and O–H groups in total. The standard InChI is InChI=1S/C23H25N5S/c1-17-11-12-29-22(17)14-26-23(24-2)25-13-18-7-9-19(10-8-18)15-28-16-27-20-5-3-4-6-21(20)28/h3-12,16H,13-15H2,1-2H3,(H2,24,25,26). The van der Waals surface area contributed by atoms with Crippen LogP contribution >= 0.6 is 11.3 Å². The number of guanidine groups is 1. The first-order chi connectivity index (χ1) is 14.2. The third-order valence-electron chi connectivity index (χ3n) is 4.97. The number of nitrogens with one attached hydrogen (secondary N) is 2. The topological polar surface area (TPSA) is 54.2 Å². The number of hydrogen-bond acceptors (Lipinski definition) is 3. The molecule has 5 nitrogen and oxygen atoms in total. The number of aromatic nitrogens is 2. The monoisotopic (exact) mass is 403 g/mol. The Labute approximate surface area is 175 Å². The minimum atomic E-state index is 0.734. The molecule has 6 heteroatoms. The molecule has 0 bridgehead atoms. The molecule has 0 unspecified atom stereocenters. The molecule has 29 heavy (non-hydrogen) atoms. The first-order valence-electron chi connectivity index (χ1n) is 9.68. The van der Waals surface area contributed by atoms with Gasteiger partial charge in [-0.3, -0.25) is 4.99 Å². The smallest absolute Gasteiger partial charge is 0.191 e. The van der Waals surface area contributed by atoms with E-state index < -0.39 is 0 Å². The molecule has 4 aromatic rings. The van der Waals surface area contributed by atoms with Crippen LogP contribution in [0.4, 0.5) is 0 Å². The van der Waals surface area contributed by atoms with Gasteiger partial charge in [0.2, 0.25) is 0 Å². The van der Waals surface area contributed by atoms with E-state index in [1.54, 1.807) is 18.4 Å². The molecule has 4 rings (SSSR count). The number of aliphatic imine (C=N–C) groups is 1. The van der Waals surface area contributed by atoms with E-state index in [4.69, 9.17) is 0 Å². The van der Waals surface area contributed by atoms with Gasteiger partial charge in [0.25, 0.3) is 0 Å². The second kappa shape index (κ2) is 8.92. The summed E-state index contributed by atoms with van der Waals surface area (Å²) in [6, 6.07) is 19.1. The number of rotatable bonds is 6. The van der Waals surface area contributed by atoms with E-state index in [1.807, 2.05) is 18.5 Å². The van der Waals surface area contributed by atoms with Gasteiger partial charge in [-0.2, -0.15) is 0 Å². The number of aryl methyl sites for hydroxylation is 1. The van der Waals surface area contributed by atoms with Crippen LogP contribution in [0.3, 0.4) is 0 Å². The fraction of sp³-hybridized carbons (Fsp3) is 0.217. The van der Waals surface area contributed by atoms with Gasteiger partial charge in [-0.25, -0.2) is 4.98 Å². The van der Waals surface area contributed by atoms with Crippen molar-refractivity contribution in [3.8, 4) is 0 Å². The molecule has 0 aliphatic carbocycles. The minimum absolute atomic E-state index is 0.734. The number of hydrogen-bond donors (Lipinski definition) is 2. The molecule has 0 fully saturated rings. The highest BCUT2D eigenvalue weighted by atomic mass is 32.1. The highest BCUT2D eigenvalue weighted by Gasteiger charge is 2.04. The minimum Gasteiger partial charge on any atom is -0.352 e. The fourth-order valence-electron chi connectivity index (χ4n) is 3.25. The van der Waals surface area contributed by atoms with E-state index in [2.05, 4.69) is 79.9 Å². The largest absolute Gasteiger partial charge is 0.352 e. The highest BCUT2D eigenvalue weighted by Crippen LogP contribution is 2.15. The Kier molecular flexibility index (Phi) is 5.91. The molecule has 0 atom stereocenters. The van der Waals surface area contributed by atoms with Crippen molar-refractivity contribution < 1.29 is 0 Å². The third kappa shape index (κ3) is 4.66. The van der Waals surface area contributed by atoms with Gasteiger partial charge in [-0.15, -0.1) is 11.3 Å². The van der Waals surface area contributed by atoms with Crippen LogP contribution in [-0.2, 0) is 19.6 Å². The fourth-order valence-corrected chi connectivity index (χ4v) is 4.10. The van der Waals surface area contributed by atoms with Crippen LogP contribution in [0, 0.1) is 6.92 Å². The van der Waals surface area contributed by atoms with Gasteiger partial charge in [-0.05, 0) is 47.2 Å². The Hall–Kier alpha value is -3.12.